The van der Waals surface area contributed by atoms with Crippen molar-refractivity contribution in [1.29, 1.82) is 0 Å². The van der Waals surface area contributed by atoms with Crippen molar-refractivity contribution in [3.05, 3.63) is 34.3 Å². The van der Waals surface area contributed by atoms with Crippen LogP contribution in [0.5, 0.6) is 0 Å². The van der Waals surface area contributed by atoms with Gasteiger partial charge in [0.1, 0.15) is 0 Å². The molecule has 1 aromatic carbocycles. The molecule has 0 radical (unpaired) electrons. The number of benzene rings is 1. The van der Waals surface area contributed by atoms with Crippen LogP contribution in [0, 0.1) is 5.92 Å². The predicted molar refractivity (Wildman–Crippen MR) is 72.5 cm³/mol. The highest BCUT2D eigenvalue weighted by atomic mass is 79.9. The number of nitrogens with one attached hydrogen (secondary N) is 1. The maximum atomic E-state index is 3.73. The van der Waals surface area contributed by atoms with E-state index in [2.05, 4.69) is 59.4 Å². The second-order valence-corrected chi connectivity index (χ2v) is 5.97. The number of rotatable bonds is 3. The topological polar surface area (TPSA) is 12.0 Å². The smallest absolute Gasteiger partial charge is 0.0294 e. The van der Waals surface area contributed by atoms with Crippen molar-refractivity contribution >= 4 is 15.9 Å². The van der Waals surface area contributed by atoms with Crippen molar-refractivity contribution < 1.29 is 0 Å². The van der Waals surface area contributed by atoms with Crippen LogP contribution in [0.3, 0.4) is 0 Å². The summed E-state index contributed by atoms with van der Waals surface area (Å²) in [4.78, 5) is 0. The molecule has 0 aromatic heterocycles. The molecule has 2 heteroatoms. The van der Waals surface area contributed by atoms with Crippen LogP contribution < -0.4 is 5.32 Å². The highest BCUT2D eigenvalue weighted by molar-refractivity contribution is 9.10. The van der Waals surface area contributed by atoms with Gasteiger partial charge in [0.25, 0.3) is 0 Å². The fourth-order valence-electron chi connectivity index (χ4n) is 2.58. The Morgan fingerprint density at radius 1 is 1.38 bits per heavy atom. The van der Waals surface area contributed by atoms with E-state index < -0.39 is 0 Å². The Labute approximate surface area is 107 Å². The summed E-state index contributed by atoms with van der Waals surface area (Å²) in [7, 11) is 0. The summed E-state index contributed by atoms with van der Waals surface area (Å²) < 4.78 is 1.17. The summed E-state index contributed by atoms with van der Waals surface area (Å²) in [5.41, 5.74) is 1.37. The normalized spacial score (nSPS) is 26.9. The number of halogens is 1. The van der Waals surface area contributed by atoms with E-state index in [-0.39, 0.29) is 0 Å². The Kier molecular flexibility index (Phi) is 4.04. The molecular formula is C14H20BrN. The van der Waals surface area contributed by atoms with Gasteiger partial charge in [0.2, 0.25) is 0 Å². The Morgan fingerprint density at radius 2 is 2.19 bits per heavy atom. The highest BCUT2D eigenvalue weighted by Crippen LogP contribution is 2.27. The summed E-state index contributed by atoms with van der Waals surface area (Å²) in [6.07, 6.45) is 4.04. The minimum atomic E-state index is 0.452. The van der Waals surface area contributed by atoms with E-state index in [4.69, 9.17) is 0 Å². The van der Waals surface area contributed by atoms with Gasteiger partial charge in [0.05, 0.1) is 0 Å². The molecule has 1 aliphatic rings. The van der Waals surface area contributed by atoms with E-state index in [1.165, 1.54) is 29.3 Å². The molecule has 2 unspecified atom stereocenters. The van der Waals surface area contributed by atoms with Gasteiger partial charge in [0.15, 0.2) is 0 Å². The van der Waals surface area contributed by atoms with Gasteiger partial charge in [-0.25, -0.2) is 0 Å². The summed E-state index contributed by atoms with van der Waals surface area (Å²) in [6.45, 7) is 4.61. The van der Waals surface area contributed by atoms with Gasteiger partial charge in [-0.05, 0) is 49.8 Å². The summed E-state index contributed by atoms with van der Waals surface area (Å²) in [5, 5.41) is 3.73. The van der Waals surface area contributed by atoms with Crippen molar-refractivity contribution in [2.75, 3.05) is 0 Å². The van der Waals surface area contributed by atoms with Crippen LogP contribution in [-0.4, -0.2) is 6.04 Å². The van der Waals surface area contributed by atoms with E-state index in [0.29, 0.717) is 12.1 Å². The van der Waals surface area contributed by atoms with Crippen molar-refractivity contribution in [3.8, 4) is 0 Å². The number of hydrogen-bond donors (Lipinski definition) is 1. The molecule has 88 valence electrons. The van der Waals surface area contributed by atoms with Crippen LogP contribution in [0.25, 0.3) is 0 Å². The summed E-state index contributed by atoms with van der Waals surface area (Å²) in [6, 6.07) is 9.75. The third kappa shape index (κ3) is 3.08. The SMILES string of the molecule is CC1CCC(N[C@H](C)c2cccc(Br)c2)C1. The van der Waals surface area contributed by atoms with Crippen LogP contribution in [0.15, 0.2) is 28.7 Å². The van der Waals surface area contributed by atoms with E-state index in [0.717, 1.165) is 5.92 Å². The van der Waals surface area contributed by atoms with Crippen LogP contribution in [0.2, 0.25) is 0 Å². The molecule has 0 bridgehead atoms. The zero-order valence-electron chi connectivity index (χ0n) is 10.0. The lowest BCUT2D eigenvalue weighted by Crippen LogP contribution is -2.29. The molecule has 1 nitrogen and oxygen atoms in total. The van der Waals surface area contributed by atoms with Crippen molar-refractivity contribution in [3.63, 3.8) is 0 Å². The van der Waals surface area contributed by atoms with E-state index >= 15 is 0 Å². The molecule has 0 saturated heterocycles. The Hall–Kier alpha value is -0.340. The molecule has 1 N–H and O–H groups in total. The molecule has 3 atom stereocenters. The molecule has 0 spiro atoms. The molecule has 1 aromatic rings. The first-order valence-electron chi connectivity index (χ1n) is 6.16. The maximum absolute atomic E-state index is 3.73. The van der Waals surface area contributed by atoms with Crippen molar-refractivity contribution in [2.24, 2.45) is 5.92 Å². The lowest BCUT2D eigenvalue weighted by atomic mass is 10.1. The zero-order chi connectivity index (χ0) is 11.5. The summed E-state index contributed by atoms with van der Waals surface area (Å²) >= 11 is 3.52. The average Bonchev–Trinajstić information content (AvgIpc) is 2.64. The minimum absolute atomic E-state index is 0.452. The van der Waals surface area contributed by atoms with Crippen LogP contribution in [-0.2, 0) is 0 Å². The van der Waals surface area contributed by atoms with Crippen LogP contribution in [0.1, 0.15) is 44.7 Å². The van der Waals surface area contributed by atoms with Gasteiger partial charge >= 0.3 is 0 Å². The largest absolute Gasteiger partial charge is 0.307 e. The molecular weight excluding hydrogens is 262 g/mol. The molecule has 16 heavy (non-hydrogen) atoms. The molecule has 2 rings (SSSR count). The Bertz CT molecular complexity index is 350. The summed E-state index contributed by atoms with van der Waals surface area (Å²) in [5.74, 6) is 0.896. The van der Waals surface area contributed by atoms with Gasteiger partial charge in [0, 0.05) is 16.6 Å². The lowest BCUT2D eigenvalue weighted by Gasteiger charge is -2.20. The van der Waals surface area contributed by atoms with Crippen molar-refractivity contribution in [2.45, 2.75) is 45.2 Å². The second kappa shape index (κ2) is 5.33. The highest BCUT2D eigenvalue weighted by Gasteiger charge is 2.22. The van der Waals surface area contributed by atoms with Crippen molar-refractivity contribution in [1.82, 2.24) is 5.32 Å². The quantitative estimate of drug-likeness (QED) is 0.872. The number of hydrogen-bond acceptors (Lipinski definition) is 1. The molecule has 0 aliphatic heterocycles. The Balaban J connectivity index is 1.95. The Morgan fingerprint density at radius 3 is 2.81 bits per heavy atom. The van der Waals surface area contributed by atoms with Gasteiger partial charge in [-0.15, -0.1) is 0 Å². The predicted octanol–water partition coefficient (Wildman–Crippen LogP) is 4.29. The molecule has 0 amide bonds. The standard InChI is InChI=1S/C14H20BrN/c1-10-6-7-14(8-10)16-11(2)12-4-3-5-13(15)9-12/h3-5,9-11,14,16H,6-8H2,1-2H3/t10?,11-,14?/m1/s1. The second-order valence-electron chi connectivity index (χ2n) is 5.06. The zero-order valence-corrected chi connectivity index (χ0v) is 11.6. The molecule has 0 heterocycles. The molecule has 1 fully saturated rings. The first-order chi connectivity index (χ1) is 7.65. The van der Waals surface area contributed by atoms with Gasteiger partial charge in [-0.2, -0.15) is 0 Å². The fourth-order valence-corrected chi connectivity index (χ4v) is 3.00. The van der Waals surface area contributed by atoms with E-state index in [1.807, 2.05) is 0 Å². The van der Waals surface area contributed by atoms with Gasteiger partial charge < -0.3 is 5.32 Å². The van der Waals surface area contributed by atoms with Gasteiger partial charge in [-0.3, -0.25) is 0 Å². The maximum Gasteiger partial charge on any atom is 0.0294 e. The lowest BCUT2D eigenvalue weighted by molar-refractivity contribution is 0.449. The molecule has 1 aliphatic carbocycles. The van der Waals surface area contributed by atoms with Gasteiger partial charge in [-0.1, -0.05) is 35.0 Å². The third-order valence-electron chi connectivity index (χ3n) is 3.53. The van der Waals surface area contributed by atoms with Crippen LogP contribution >= 0.6 is 15.9 Å². The molecule has 1 saturated carbocycles. The first-order valence-corrected chi connectivity index (χ1v) is 6.96. The minimum Gasteiger partial charge on any atom is -0.307 e. The van der Waals surface area contributed by atoms with Crippen LogP contribution in [0.4, 0.5) is 0 Å². The first kappa shape index (κ1) is 12.1. The third-order valence-corrected chi connectivity index (χ3v) is 4.02. The monoisotopic (exact) mass is 281 g/mol. The van der Waals surface area contributed by atoms with E-state index in [9.17, 15) is 0 Å². The fraction of sp³-hybridized carbons (Fsp3) is 0.571. The average molecular weight is 282 g/mol. The van der Waals surface area contributed by atoms with E-state index in [1.54, 1.807) is 0 Å².